The smallest absolute Gasteiger partial charge is 0.255 e. The molecule has 2 saturated heterocycles. The monoisotopic (exact) mass is 359 g/mol. The lowest BCUT2D eigenvalue weighted by Gasteiger charge is -2.36. The average molecular weight is 359 g/mol. The number of hydrogen-bond acceptors (Lipinski definition) is 4. The summed E-state index contributed by atoms with van der Waals surface area (Å²) in [5, 5.41) is 0. The maximum atomic E-state index is 12.9. The first-order chi connectivity index (χ1) is 12.1. The van der Waals surface area contributed by atoms with Crippen molar-refractivity contribution in [2.24, 2.45) is 0 Å². The molecule has 3 amide bonds. The van der Waals surface area contributed by atoms with E-state index in [-0.39, 0.29) is 24.3 Å². The van der Waals surface area contributed by atoms with Crippen molar-refractivity contribution in [3.8, 4) is 0 Å². The molecule has 2 heterocycles. The number of carbonyl (C=O) groups excluding carboxylic acids is 3. The van der Waals surface area contributed by atoms with Crippen LogP contribution in [0.1, 0.15) is 23.2 Å². The molecule has 1 aromatic carbocycles. The molecule has 7 heteroatoms. The maximum absolute atomic E-state index is 12.9. The highest BCUT2D eigenvalue weighted by Crippen LogP contribution is 2.29. The number of benzene rings is 1. The SMILES string of the molecule is O=C([C@@H]1CSCN1C(=O)c1ccccc1)N1CCN(C2CC2)C(=O)C1. The van der Waals surface area contributed by atoms with E-state index in [1.165, 1.54) is 0 Å². The molecule has 3 aliphatic rings. The Bertz CT molecular complexity index is 692. The van der Waals surface area contributed by atoms with E-state index < -0.39 is 6.04 Å². The van der Waals surface area contributed by atoms with Gasteiger partial charge in [-0.3, -0.25) is 14.4 Å². The van der Waals surface area contributed by atoms with Crippen LogP contribution in [-0.2, 0) is 9.59 Å². The van der Waals surface area contributed by atoms with E-state index in [1.807, 2.05) is 23.1 Å². The highest BCUT2D eigenvalue weighted by atomic mass is 32.2. The second-order valence-electron chi connectivity index (χ2n) is 6.73. The normalized spacial score (nSPS) is 23.9. The van der Waals surface area contributed by atoms with Gasteiger partial charge in [0.25, 0.3) is 5.91 Å². The number of rotatable bonds is 3. The Balaban J connectivity index is 1.44. The van der Waals surface area contributed by atoms with E-state index in [4.69, 9.17) is 0 Å². The molecule has 0 unspecified atom stereocenters. The fraction of sp³-hybridized carbons (Fsp3) is 0.500. The predicted octanol–water partition coefficient (Wildman–Crippen LogP) is 1.03. The molecule has 2 aliphatic heterocycles. The zero-order valence-electron chi connectivity index (χ0n) is 14.0. The number of nitrogens with zero attached hydrogens (tertiary/aromatic N) is 3. The largest absolute Gasteiger partial charge is 0.336 e. The molecule has 0 spiro atoms. The van der Waals surface area contributed by atoms with E-state index >= 15 is 0 Å². The van der Waals surface area contributed by atoms with Gasteiger partial charge in [0.05, 0.1) is 12.4 Å². The molecule has 1 aliphatic carbocycles. The fourth-order valence-electron chi connectivity index (χ4n) is 3.45. The number of hydrogen-bond donors (Lipinski definition) is 0. The number of piperazine rings is 1. The summed E-state index contributed by atoms with van der Waals surface area (Å²) in [5.74, 6) is 0.924. The van der Waals surface area contributed by atoms with Crippen LogP contribution in [0.15, 0.2) is 30.3 Å². The molecule has 4 rings (SSSR count). The van der Waals surface area contributed by atoms with Crippen LogP contribution in [0.3, 0.4) is 0 Å². The van der Waals surface area contributed by atoms with Crippen molar-refractivity contribution in [3.05, 3.63) is 35.9 Å². The van der Waals surface area contributed by atoms with E-state index in [2.05, 4.69) is 0 Å². The Kier molecular flexibility index (Phi) is 4.41. The first-order valence-corrected chi connectivity index (χ1v) is 9.82. The van der Waals surface area contributed by atoms with Crippen LogP contribution < -0.4 is 0 Å². The molecule has 132 valence electrons. The first-order valence-electron chi connectivity index (χ1n) is 8.67. The van der Waals surface area contributed by atoms with Crippen molar-refractivity contribution in [3.63, 3.8) is 0 Å². The van der Waals surface area contributed by atoms with Crippen LogP contribution in [-0.4, -0.2) is 75.8 Å². The third kappa shape index (κ3) is 3.25. The first kappa shape index (κ1) is 16.4. The van der Waals surface area contributed by atoms with Gasteiger partial charge in [-0.15, -0.1) is 11.8 Å². The third-order valence-electron chi connectivity index (χ3n) is 5.01. The average Bonchev–Trinajstić information content (AvgIpc) is 3.36. The molecule has 1 aromatic rings. The highest BCUT2D eigenvalue weighted by Gasteiger charge is 2.41. The third-order valence-corrected chi connectivity index (χ3v) is 6.02. The van der Waals surface area contributed by atoms with E-state index in [1.54, 1.807) is 33.7 Å². The van der Waals surface area contributed by atoms with Crippen LogP contribution in [0.4, 0.5) is 0 Å². The van der Waals surface area contributed by atoms with Crippen LogP contribution in [0, 0.1) is 0 Å². The van der Waals surface area contributed by atoms with Gasteiger partial charge < -0.3 is 14.7 Å². The molecule has 0 radical (unpaired) electrons. The molecule has 1 atom stereocenters. The van der Waals surface area contributed by atoms with Crippen molar-refractivity contribution in [2.75, 3.05) is 31.3 Å². The van der Waals surface area contributed by atoms with Crippen LogP contribution in [0.2, 0.25) is 0 Å². The van der Waals surface area contributed by atoms with Gasteiger partial charge in [0, 0.05) is 30.4 Å². The van der Waals surface area contributed by atoms with Crippen LogP contribution in [0.5, 0.6) is 0 Å². The highest BCUT2D eigenvalue weighted by molar-refractivity contribution is 7.99. The molecule has 0 bridgehead atoms. The second-order valence-corrected chi connectivity index (χ2v) is 7.73. The van der Waals surface area contributed by atoms with Crippen LogP contribution in [0.25, 0.3) is 0 Å². The molecule has 0 N–H and O–H groups in total. The zero-order valence-corrected chi connectivity index (χ0v) is 14.8. The van der Waals surface area contributed by atoms with Gasteiger partial charge in [-0.25, -0.2) is 0 Å². The summed E-state index contributed by atoms with van der Waals surface area (Å²) in [6.45, 7) is 1.32. The number of amides is 3. The fourth-order valence-corrected chi connectivity index (χ4v) is 4.60. The summed E-state index contributed by atoms with van der Waals surface area (Å²) in [6.07, 6.45) is 2.16. The lowest BCUT2D eigenvalue weighted by atomic mass is 10.1. The van der Waals surface area contributed by atoms with Gasteiger partial charge in [0.2, 0.25) is 11.8 Å². The minimum atomic E-state index is -0.474. The summed E-state index contributed by atoms with van der Waals surface area (Å²) in [6, 6.07) is 8.96. The molecule has 3 fully saturated rings. The van der Waals surface area contributed by atoms with E-state index in [9.17, 15) is 14.4 Å². The summed E-state index contributed by atoms with van der Waals surface area (Å²) < 4.78 is 0. The topological polar surface area (TPSA) is 60.9 Å². The van der Waals surface area contributed by atoms with Gasteiger partial charge in [-0.2, -0.15) is 0 Å². The summed E-state index contributed by atoms with van der Waals surface area (Å²) >= 11 is 1.58. The zero-order chi connectivity index (χ0) is 17.4. The Morgan fingerprint density at radius 3 is 2.52 bits per heavy atom. The minimum Gasteiger partial charge on any atom is -0.336 e. The van der Waals surface area contributed by atoms with Crippen LogP contribution >= 0.6 is 11.8 Å². The number of carbonyl (C=O) groups is 3. The summed E-state index contributed by atoms with van der Waals surface area (Å²) in [4.78, 5) is 43.1. The summed E-state index contributed by atoms with van der Waals surface area (Å²) in [7, 11) is 0. The lowest BCUT2D eigenvalue weighted by molar-refractivity contribution is -0.147. The molecule has 25 heavy (non-hydrogen) atoms. The van der Waals surface area contributed by atoms with Gasteiger partial charge in [0.1, 0.15) is 6.04 Å². The van der Waals surface area contributed by atoms with E-state index in [0.29, 0.717) is 36.3 Å². The lowest BCUT2D eigenvalue weighted by Crippen LogP contribution is -2.57. The van der Waals surface area contributed by atoms with Crippen molar-refractivity contribution in [1.82, 2.24) is 14.7 Å². The van der Waals surface area contributed by atoms with Gasteiger partial charge >= 0.3 is 0 Å². The molecular formula is C18H21N3O3S. The molecule has 0 aromatic heterocycles. The molecule has 6 nitrogen and oxygen atoms in total. The second kappa shape index (κ2) is 6.71. The quantitative estimate of drug-likeness (QED) is 0.809. The van der Waals surface area contributed by atoms with Crippen molar-refractivity contribution in [2.45, 2.75) is 24.9 Å². The van der Waals surface area contributed by atoms with Gasteiger partial charge in [-0.05, 0) is 25.0 Å². The molecule has 1 saturated carbocycles. The Morgan fingerprint density at radius 2 is 1.84 bits per heavy atom. The Labute approximate surface area is 151 Å². The maximum Gasteiger partial charge on any atom is 0.255 e. The van der Waals surface area contributed by atoms with Crippen molar-refractivity contribution in [1.29, 1.82) is 0 Å². The molecular weight excluding hydrogens is 338 g/mol. The predicted molar refractivity (Wildman–Crippen MR) is 95.0 cm³/mol. The summed E-state index contributed by atoms with van der Waals surface area (Å²) in [5.41, 5.74) is 0.595. The van der Waals surface area contributed by atoms with Crippen molar-refractivity contribution < 1.29 is 14.4 Å². The Morgan fingerprint density at radius 1 is 1.08 bits per heavy atom. The minimum absolute atomic E-state index is 0.0358. The van der Waals surface area contributed by atoms with Crippen molar-refractivity contribution >= 4 is 29.5 Å². The Hall–Kier alpha value is -2.02. The standard InChI is InChI=1S/C18H21N3O3S/c22-16-10-19(8-9-20(16)14-6-7-14)18(24)15-11-25-12-21(15)17(23)13-4-2-1-3-5-13/h1-5,14-15H,6-12H2/t15-/m0/s1. The van der Waals surface area contributed by atoms with Gasteiger partial charge in [-0.1, -0.05) is 18.2 Å². The van der Waals surface area contributed by atoms with E-state index in [0.717, 1.165) is 12.8 Å². The van der Waals surface area contributed by atoms with Gasteiger partial charge in [0.15, 0.2) is 0 Å². The number of thioether (sulfide) groups is 1.